The average Bonchev–Trinajstić information content (AvgIpc) is 3.22. The van der Waals surface area contributed by atoms with Crippen LogP contribution in [0.5, 0.6) is 11.5 Å². The van der Waals surface area contributed by atoms with Gasteiger partial charge in [0.15, 0.2) is 11.5 Å². The molecule has 132 valence electrons. The van der Waals surface area contributed by atoms with Crippen molar-refractivity contribution >= 4 is 5.91 Å². The van der Waals surface area contributed by atoms with Gasteiger partial charge in [0.1, 0.15) is 6.54 Å². The van der Waals surface area contributed by atoms with E-state index >= 15 is 0 Å². The van der Waals surface area contributed by atoms with Crippen LogP contribution in [-0.2, 0) is 11.3 Å². The molecule has 2 aliphatic heterocycles. The van der Waals surface area contributed by atoms with Crippen molar-refractivity contribution in [2.45, 2.75) is 31.9 Å². The Bertz CT molecular complexity index is 788. The fourth-order valence-corrected chi connectivity index (χ4v) is 3.48. The molecule has 1 aromatic carbocycles. The third-order valence-electron chi connectivity index (χ3n) is 4.83. The summed E-state index contributed by atoms with van der Waals surface area (Å²) in [6.45, 7) is 3.28. The minimum absolute atomic E-state index is 0.00880. The molecule has 1 saturated heterocycles. The first-order chi connectivity index (χ1) is 12.1. The van der Waals surface area contributed by atoms with E-state index in [0.29, 0.717) is 19.5 Å². The van der Waals surface area contributed by atoms with E-state index in [4.69, 9.17) is 9.47 Å². The lowest BCUT2D eigenvalue weighted by Gasteiger charge is -2.36. The second-order valence-corrected chi connectivity index (χ2v) is 6.57. The summed E-state index contributed by atoms with van der Waals surface area (Å²) in [5.74, 6) is 1.43. The monoisotopic (exact) mass is 343 g/mol. The number of carbonyl (C=O) groups excluding carboxylic acids is 1. The van der Waals surface area contributed by atoms with Crippen LogP contribution >= 0.6 is 0 Å². The van der Waals surface area contributed by atoms with Crippen molar-refractivity contribution in [1.29, 1.82) is 0 Å². The summed E-state index contributed by atoms with van der Waals surface area (Å²) in [5, 5.41) is 14.8. The van der Waals surface area contributed by atoms with Gasteiger partial charge in [0.25, 0.3) is 0 Å². The molecule has 0 unspecified atom stereocenters. The Morgan fingerprint density at radius 2 is 2.16 bits per heavy atom. The Morgan fingerprint density at radius 3 is 2.92 bits per heavy atom. The SMILES string of the molecule is Cc1ccn(CC(=O)N2CC[C@@H](c3ccc4c(c3)OCO4)[C@H](O)C2)n1. The smallest absolute Gasteiger partial charge is 0.244 e. The summed E-state index contributed by atoms with van der Waals surface area (Å²) in [7, 11) is 0. The topological polar surface area (TPSA) is 76.8 Å². The molecule has 7 heteroatoms. The van der Waals surface area contributed by atoms with Crippen molar-refractivity contribution in [2.24, 2.45) is 0 Å². The number of rotatable bonds is 3. The van der Waals surface area contributed by atoms with E-state index in [-0.39, 0.29) is 25.2 Å². The molecule has 0 saturated carbocycles. The number of aliphatic hydroxyl groups is 1. The molecule has 3 heterocycles. The lowest BCUT2D eigenvalue weighted by molar-refractivity contribution is -0.135. The van der Waals surface area contributed by atoms with Gasteiger partial charge in [-0.05, 0) is 37.1 Å². The first kappa shape index (κ1) is 16.0. The van der Waals surface area contributed by atoms with Crippen LogP contribution in [0.3, 0.4) is 0 Å². The van der Waals surface area contributed by atoms with Gasteiger partial charge in [-0.2, -0.15) is 5.10 Å². The summed E-state index contributed by atoms with van der Waals surface area (Å²) in [6, 6.07) is 7.64. The number of aliphatic hydroxyl groups excluding tert-OH is 1. The highest BCUT2D eigenvalue weighted by Gasteiger charge is 2.32. The molecular weight excluding hydrogens is 322 g/mol. The van der Waals surface area contributed by atoms with Crippen LogP contribution < -0.4 is 9.47 Å². The van der Waals surface area contributed by atoms with E-state index < -0.39 is 6.10 Å². The van der Waals surface area contributed by atoms with Crippen molar-refractivity contribution in [3.8, 4) is 11.5 Å². The zero-order valence-electron chi connectivity index (χ0n) is 14.1. The van der Waals surface area contributed by atoms with Crippen LogP contribution in [0, 0.1) is 6.92 Å². The lowest BCUT2D eigenvalue weighted by atomic mass is 9.87. The van der Waals surface area contributed by atoms with Crippen LogP contribution in [0.25, 0.3) is 0 Å². The molecule has 1 aromatic heterocycles. The number of hydrogen-bond acceptors (Lipinski definition) is 5. The number of nitrogens with zero attached hydrogens (tertiary/aromatic N) is 3. The molecule has 25 heavy (non-hydrogen) atoms. The van der Waals surface area contributed by atoms with Crippen molar-refractivity contribution in [3.63, 3.8) is 0 Å². The third-order valence-corrected chi connectivity index (χ3v) is 4.83. The maximum absolute atomic E-state index is 12.4. The quantitative estimate of drug-likeness (QED) is 0.909. The third kappa shape index (κ3) is 3.19. The Hall–Kier alpha value is -2.54. The molecule has 2 aromatic rings. The number of aryl methyl sites for hydroxylation is 1. The van der Waals surface area contributed by atoms with Crippen LogP contribution in [0.4, 0.5) is 0 Å². The normalized spacial score (nSPS) is 22.2. The van der Waals surface area contributed by atoms with Gasteiger partial charge in [-0.3, -0.25) is 9.48 Å². The molecule has 0 bridgehead atoms. The number of benzene rings is 1. The zero-order valence-corrected chi connectivity index (χ0v) is 14.1. The van der Waals surface area contributed by atoms with E-state index in [0.717, 1.165) is 22.8 Å². The highest BCUT2D eigenvalue weighted by molar-refractivity contribution is 5.76. The predicted octanol–water partition coefficient (Wildman–Crippen LogP) is 1.30. The van der Waals surface area contributed by atoms with Crippen molar-refractivity contribution in [3.05, 3.63) is 41.7 Å². The summed E-state index contributed by atoms with van der Waals surface area (Å²) in [4.78, 5) is 14.1. The number of fused-ring (bicyclic) bond motifs is 1. The minimum Gasteiger partial charge on any atom is -0.454 e. The Kier molecular flexibility index (Phi) is 4.09. The number of carbonyl (C=O) groups is 1. The highest BCUT2D eigenvalue weighted by Crippen LogP contribution is 2.37. The zero-order chi connectivity index (χ0) is 17.4. The first-order valence-electron chi connectivity index (χ1n) is 8.45. The van der Waals surface area contributed by atoms with Gasteiger partial charge in [-0.15, -0.1) is 0 Å². The molecule has 7 nitrogen and oxygen atoms in total. The summed E-state index contributed by atoms with van der Waals surface area (Å²) >= 11 is 0. The number of ether oxygens (including phenoxy) is 2. The fourth-order valence-electron chi connectivity index (χ4n) is 3.48. The molecule has 1 N–H and O–H groups in total. The fraction of sp³-hybridized carbons (Fsp3) is 0.444. The Labute approximate surface area is 145 Å². The van der Waals surface area contributed by atoms with Crippen molar-refractivity contribution in [2.75, 3.05) is 19.9 Å². The molecule has 2 aliphatic rings. The maximum Gasteiger partial charge on any atom is 0.244 e. The largest absolute Gasteiger partial charge is 0.454 e. The van der Waals surface area contributed by atoms with E-state index in [1.165, 1.54) is 0 Å². The van der Waals surface area contributed by atoms with Crippen LogP contribution in [0.2, 0.25) is 0 Å². The number of β-amino-alcohol motifs (C(OH)–C–C–N with tert-alkyl or cyclic N) is 1. The first-order valence-corrected chi connectivity index (χ1v) is 8.45. The second kappa shape index (κ2) is 6.40. The van der Waals surface area contributed by atoms with Gasteiger partial charge < -0.3 is 19.5 Å². The summed E-state index contributed by atoms with van der Waals surface area (Å²) in [6.07, 6.45) is 1.91. The number of likely N-dealkylation sites (tertiary alicyclic amines) is 1. The lowest BCUT2D eigenvalue weighted by Crippen LogP contribution is -2.46. The van der Waals surface area contributed by atoms with Crippen molar-refractivity contribution < 1.29 is 19.4 Å². The molecule has 4 rings (SSSR count). The van der Waals surface area contributed by atoms with Gasteiger partial charge in [-0.1, -0.05) is 6.07 Å². The van der Waals surface area contributed by atoms with Crippen LogP contribution in [0.1, 0.15) is 23.6 Å². The number of hydrogen-bond donors (Lipinski definition) is 1. The van der Waals surface area contributed by atoms with E-state index in [1.807, 2.05) is 31.2 Å². The molecule has 0 radical (unpaired) electrons. The van der Waals surface area contributed by atoms with Crippen LogP contribution in [-0.4, -0.2) is 51.7 Å². The van der Waals surface area contributed by atoms with Gasteiger partial charge >= 0.3 is 0 Å². The molecular formula is C18H21N3O4. The molecule has 0 spiro atoms. The van der Waals surface area contributed by atoms with Crippen molar-refractivity contribution in [1.82, 2.24) is 14.7 Å². The molecule has 1 amide bonds. The number of piperidine rings is 1. The van der Waals surface area contributed by atoms with Gasteiger partial charge in [0.2, 0.25) is 12.7 Å². The summed E-state index contributed by atoms with van der Waals surface area (Å²) < 4.78 is 12.4. The molecule has 0 aliphatic carbocycles. The molecule has 1 fully saturated rings. The highest BCUT2D eigenvalue weighted by atomic mass is 16.7. The number of aromatic nitrogens is 2. The van der Waals surface area contributed by atoms with E-state index in [9.17, 15) is 9.90 Å². The Balaban J connectivity index is 1.41. The standard InChI is InChI=1S/C18H21N3O4/c1-12-4-7-21(19-12)10-18(23)20-6-5-14(15(22)9-20)13-2-3-16-17(8-13)25-11-24-16/h2-4,7-8,14-15,22H,5-6,9-11H2,1H3/t14-,15+/m0/s1. The predicted molar refractivity (Wildman–Crippen MR) is 89.5 cm³/mol. The Morgan fingerprint density at radius 1 is 1.32 bits per heavy atom. The summed E-state index contributed by atoms with van der Waals surface area (Å²) in [5.41, 5.74) is 1.90. The van der Waals surface area contributed by atoms with Crippen LogP contribution in [0.15, 0.2) is 30.5 Å². The van der Waals surface area contributed by atoms with Gasteiger partial charge in [0.05, 0.1) is 11.8 Å². The molecule has 2 atom stereocenters. The second-order valence-electron chi connectivity index (χ2n) is 6.57. The number of amides is 1. The minimum atomic E-state index is -0.600. The average molecular weight is 343 g/mol. The van der Waals surface area contributed by atoms with Gasteiger partial charge in [-0.25, -0.2) is 0 Å². The van der Waals surface area contributed by atoms with Gasteiger partial charge in [0, 0.05) is 25.2 Å². The maximum atomic E-state index is 12.4. The van der Waals surface area contributed by atoms with E-state index in [1.54, 1.807) is 15.8 Å². The van der Waals surface area contributed by atoms with E-state index in [2.05, 4.69) is 5.10 Å².